The predicted octanol–water partition coefficient (Wildman–Crippen LogP) is 3.07. The zero-order chi connectivity index (χ0) is 13.0. The molecule has 0 atom stereocenters. The summed E-state index contributed by atoms with van der Waals surface area (Å²) in [5.41, 5.74) is 6.41. The molecule has 0 heterocycles. The first-order chi connectivity index (χ1) is 8.66. The lowest BCUT2D eigenvalue weighted by Crippen LogP contribution is -2.17. The highest BCUT2D eigenvalue weighted by molar-refractivity contribution is 5.91. The van der Waals surface area contributed by atoms with Crippen molar-refractivity contribution in [3.05, 3.63) is 23.8 Å². The van der Waals surface area contributed by atoms with E-state index in [0.717, 1.165) is 25.7 Å². The summed E-state index contributed by atoms with van der Waals surface area (Å²) < 4.78 is 5.85. The fourth-order valence-corrected chi connectivity index (χ4v) is 2.35. The number of benzene rings is 1. The Balaban J connectivity index is 2.15. The van der Waals surface area contributed by atoms with Gasteiger partial charge in [-0.25, -0.2) is 4.79 Å². The Labute approximate surface area is 107 Å². The maximum absolute atomic E-state index is 11.1. The maximum atomic E-state index is 11.1. The van der Waals surface area contributed by atoms with Gasteiger partial charge in [0.15, 0.2) is 0 Å². The number of aromatic carboxylic acids is 1. The molecule has 1 fully saturated rings. The van der Waals surface area contributed by atoms with E-state index in [1.807, 2.05) is 0 Å². The van der Waals surface area contributed by atoms with Crippen molar-refractivity contribution in [3.63, 3.8) is 0 Å². The molecule has 4 heteroatoms. The standard InChI is InChI=1S/C14H19NO3/c15-10-7-8-12(14(16)17)13(9-10)18-11-5-3-1-2-4-6-11/h7-9,11H,1-6,15H2,(H,16,17). The first-order valence-corrected chi connectivity index (χ1v) is 6.46. The third-order valence-corrected chi connectivity index (χ3v) is 3.33. The van der Waals surface area contributed by atoms with Crippen molar-refractivity contribution in [3.8, 4) is 5.75 Å². The molecule has 0 amide bonds. The van der Waals surface area contributed by atoms with Gasteiger partial charge in [-0.3, -0.25) is 0 Å². The van der Waals surface area contributed by atoms with Crippen LogP contribution >= 0.6 is 0 Å². The van der Waals surface area contributed by atoms with Crippen molar-refractivity contribution in [2.24, 2.45) is 0 Å². The minimum atomic E-state index is -0.973. The lowest BCUT2D eigenvalue weighted by atomic mass is 10.1. The summed E-state index contributed by atoms with van der Waals surface area (Å²) in [7, 11) is 0. The molecular formula is C14H19NO3. The average Bonchev–Trinajstić information content (AvgIpc) is 2.57. The van der Waals surface area contributed by atoms with Gasteiger partial charge < -0.3 is 15.6 Å². The molecule has 0 aromatic heterocycles. The zero-order valence-electron chi connectivity index (χ0n) is 10.4. The van der Waals surface area contributed by atoms with Gasteiger partial charge in [-0.2, -0.15) is 0 Å². The van der Waals surface area contributed by atoms with Crippen LogP contribution in [0, 0.1) is 0 Å². The number of ether oxygens (including phenoxy) is 1. The molecule has 1 aliphatic carbocycles. The van der Waals surface area contributed by atoms with Crippen LogP contribution < -0.4 is 10.5 Å². The van der Waals surface area contributed by atoms with E-state index in [-0.39, 0.29) is 11.7 Å². The van der Waals surface area contributed by atoms with Crippen molar-refractivity contribution in [1.82, 2.24) is 0 Å². The molecule has 1 saturated carbocycles. The summed E-state index contributed by atoms with van der Waals surface area (Å²) in [6, 6.07) is 4.70. The van der Waals surface area contributed by atoms with E-state index in [1.54, 1.807) is 12.1 Å². The van der Waals surface area contributed by atoms with E-state index >= 15 is 0 Å². The van der Waals surface area contributed by atoms with E-state index in [9.17, 15) is 4.79 Å². The summed E-state index contributed by atoms with van der Waals surface area (Å²) in [5, 5.41) is 9.12. The van der Waals surface area contributed by atoms with Gasteiger partial charge in [0.2, 0.25) is 0 Å². The SMILES string of the molecule is Nc1ccc(C(=O)O)c(OC2CCCCCC2)c1. The van der Waals surface area contributed by atoms with Gasteiger partial charge in [0.1, 0.15) is 11.3 Å². The number of nitrogen functional groups attached to an aromatic ring is 1. The number of carboxylic acid groups (broad SMARTS) is 1. The Kier molecular flexibility index (Phi) is 4.07. The first-order valence-electron chi connectivity index (χ1n) is 6.46. The van der Waals surface area contributed by atoms with Crippen LogP contribution in [0.4, 0.5) is 5.69 Å². The van der Waals surface area contributed by atoms with Gasteiger partial charge in [0.05, 0.1) is 6.10 Å². The van der Waals surface area contributed by atoms with Crippen LogP contribution in [-0.2, 0) is 0 Å². The molecule has 1 aliphatic rings. The molecule has 3 N–H and O–H groups in total. The number of nitrogens with two attached hydrogens (primary N) is 1. The zero-order valence-corrected chi connectivity index (χ0v) is 10.4. The second kappa shape index (κ2) is 5.76. The molecular weight excluding hydrogens is 230 g/mol. The largest absolute Gasteiger partial charge is 0.489 e. The molecule has 0 radical (unpaired) electrons. The first kappa shape index (κ1) is 12.7. The topological polar surface area (TPSA) is 72.6 Å². The van der Waals surface area contributed by atoms with Gasteiger partial charge in [-0.15, -0.1) is 0 Å². The van der Waals surface area contributed by atoms with Crippen molar-refractivity contribution in [2.75, 3.05) is 5.73 Å². The Morgan fingerprint density at radius 2 is 1.89 bits per heavy atom. The van der Waals surface area contributed by atoms with Crippen LogP contribution in [0.5, 0.6) is 5.75 Å². The number of hydrogen-bond acceptors (Lipinski definition) is 3. The normalized spacial score (nSPS) is 17.1. The fourth-order valence-electron chi connectivity index (χ4n) is 2.35. The Bertz CT molecular complexity index is 423. The molecule has 2 rings (SSSR count). The molecule has 1 aromatic rings. The van der Waals surface area contributed by atoms with E-state index in [0.29, 0.717) is 11.4 Å². The van der Waals surface area contributed by atoms with Crippen molar-refractivity contribution >= 4 is 11.7 Å². The Morgan fingerprint density at radius 1 is 1.22 bits per heavy atom. The molecule has 0 aliphatic heterocycles. The molecule has 18 heavy (non-hydrogen) atoms. The third-order valence-electron chi connectivity index (χ3n) is 3.33. The minimum absolute atomic E-state index is 0.118. The monoisotopic (exact) mass is 249 g/mol. The highest BCUT2D eigenvalue weighted by Crippen LogP contribution is 2.27. The third kappa shape index (κ3) is 3.15. The molecule has 0 saturated heterocycles. The second-order valence-corrected chi connectivity index (χ2v) is 4.79. The average molecular weight is 249 g/mol. The van der Waals surface area contributed by atoms with Gasteiger partial charge in [-0.05, 0) is 37.8 Å². The highest BCUT2D eigenvalue weighted by atomic mass is 16.5. The molecule has 0 unspecified atom stereocenters. The summed E-state index contributed by atoms with van der Waals surface area (Å²) >= 11 is 0. The number of hydrogen-bond donors (Lipinski definition) is 2. The van der Waals surface area contributed by atoms with Crippen molar-refractivity contribution in [1.29, 1.82) is 0 Å². The van der Waals surface area contributed by atoms with Crippen LogP contribution in [-0.4, -0.2) is 17.2 Å². The van der Waals surface area contributed by atoms with Crippen LogP contribution in [0.2, 0.25) is 0 Å². The van der Waals surface area contributed by atoms with Crippen LogP contribution in [0.15, 0.2) is 18.2 Å². The second-order valence-electron chi connectivity index (χ2n) is 4.79. The number of anilines is 1. The van der Waals surface area contributed by atoms with E-state index in [2.05, 4.69) is 0 Å². The fraction of sp³-hybridized carbons (Fsp3) is 0.500. The van der Waals surface area contributed by atoms with Gasteiger partial charge in [0.25, 0.3) is 0 Å². The van der Waals surface area contributed by atoms with Gasteiger partial charge in [0, 0.05) is 11.8 Å². The van der Waals surface area contributed by atoms with E-state index < -0.39 is 5.97 Å². The predicted molar refractivity (Wildman–Crippen MR) is 69.9 cm³/mol. The number of rotatable bonds is 3. The van der Waals surface area contributed by atoms with E-state index in [1.165, 1.54) is 18.9 Å². The summed E-state index contributed by atoms with van der Waals surface area (Å²) in [4.78, 5) is 11.1. The quantitative estimate of drug-likeness (QED) is 0.638. The smallest absolute Gasteiger partial charge is 0.339 e. The number of carboxylic acids is 1. The summed E-state index contributed by atoms with van der Waals surface area (Å²) in [6.07, 6.45) is 6.88. The Morgan fingerprint density at radius 3 is 2.50 bits per heavy atom. The van der Waals surface area contributed by atoms with Crippen LogP contribution in [0.25, 0.3) is 0 Å². The van der Waals surface area contributed by atoms with Crippen molar-refractivity contribution < 1.29 is 14.6 Å². The minimum Gasteiger partial charge on any atom is -0.489 e. The highest BCUT2D eigenvalue weighted by Gasteiger charge is 2.18. The molecule has 0 bridgehead atoms. The Hall–Kier alpha value is -1.71. The summed E-state index contributed by atoms with van der Waals surface area (Å²) in [6.45, 7) is 0. The lowest BCUT2D eigenvalue weighted by Gasteiger charge is -2.18. The molecule has 0 spiro atoms. The van der Waals surface area contributed by atoms with Crippen LogP contribution in [0.1, 0.15) is 48.9 Å². The summed E-state index contributed by atoms with van der Waals surface area (Å²) in [5.74, 6) is -0.576. The lowest BCUT2D eigenvalue weighted by molar-refractivity contribution is 0.0688. The van der Waals surface area contributed by atoms with Gasteiger partial charge >= 0.3 is 5.97 Å². The molecule has 1 aromatic carbocycles. The van der Waals surface area contributed by atoms with Crippen LogP contribution in [0.3, 0.4) is 0 Å². The molecule has 98 valence electrons. The van der Waals surface area contributed by atoms with Crippen molar-refractivity contribution in [2.45, 2.75) is 44.6 Å². The maximum Gasteiger partial charge on any atom is 0.339 e. The number of carbonyl (C=O) groups is 1. The van der Waals surface area contributed by atoms with E-state index in [4.69, 9.17) is 15.6 Å². The van der Waals surface area contributed by atoms with Gasteiger partial charge in [-0.1, -0.05) is 12.8 Å². The molecule has 4 nitrogen and oxygen atoms in total.